The van der Waals surface area contributed by atoms with Crippen LogP contribution in [0.2, 0.25) is 0 Å². The molecular formula is C21H32N4O3. The van der Waals surface area contributed by atoms with E-state index in [0.717, 1.165) is 25.9 Å². The molecule has 2 aliphatic heterocycles. The van der Waals surface area contributed by atoms with Gasteiger partial charge in [-0.2, -0.15) is 0 Å². The largest absolute Gasteiger partial charge is 0.365 e. The molecule has 154 valence electrons. The number of nitrogens with zero attached hydrogens (tertiary/aromatic N) is 3. The average Bonchev–Trinajstić information content (AvgIpc) is 2.62. The number of likely N-dealkylation sites (tertiary alicyclic amines) is 1. The zero-order valence-corrected chi connectivity index (χ0v) is 17.4. The minimum atomic E-state index is -0.369. The van der Waals surface area contributed by atoms with E-state index in [2.05, 4.69) is 32.6 Å². The molecular weight excluding hydrogens is 356 g/mol. The maximum atomic E-state index is 13.0. The van der Waals surface area contributed by atoms with Crippen molar-refractivity contribution in [1.29, 1.82) is 0 Å². The fraction of sp³-hybridized carbons (Fsp3) is 0.667. The number of rotatable bonds is 3. The predicted molar refractivity (Wildman–Crippen MR) is 111 cm³/mol. The van der Waals surface area contributed by atoms with Crippen LogP contribution in [0.25, 0.3) is 0 Å². The molecule has 2 N–H and O–H groups in total. The van der Waals surface area contributed by atoms with Gasteiger partial charge in [0.05, 0.1) is 4.92 Å². The lowest BCUT2D eigenvalue weighted by Crippen LogP contribution is -2.54. The van der Waals surface area contributed by atoms with Gasteiger partial charge in [-0.3, -0.25) is 14.9 Å². The van der Waals surface area contributed by atoms with Gasteiger partial charge in [-0.1, -0.05) is 27.7 Å². The number of carbonyl (C=O) groups excluding carboxylic acids is 1. The maximum absolute atomic E-state index is 13.0. The van der Waals surface area contributed by atoms with Crippen molar-refractivity contribution in [1.82, 2.24) is 4.90 Å². The molecule has 7 nitrogen and oxygen atoms in total. The zero-order chi connectivity index (χ0) is 20.6. The number of hydrogen-bond acceptors (Lipinski definition) is 5. The topological polar surface area (TPSA) is 92.7 Å². The fourth-order valence-electron chi connectivity index (χ4n) is 4.66. The molecule has 3 rings (SSSR count). The van der Waals surface area contributed by atoms with Gasteiger partial charge in [-0.25, -0.2) is 0 Å². The third-order valence-corrected chi connectivity index (χ3v) is 6.23. The summed E-state index contributed by atoms with van der Waals surface area (Å²) in [5.41, 5.74) is 7.00. The normalized spacial score (nSPS) is 27.5. The Kier molecular flexibility index (Phi) is 5.66. The zero-order valence-electron chi connectivity index (χ0n) is 17.4. The summed E-state index contributed by atoms with van der Waals surface area (Å²) in [6.45, 7) is 11.2. The summed E-state index contributed by atoms with van der Waals surface area (Å²) in [5, 5.41) is 11.8. The molecule has 3 unspecified atom stereocenters. The molecule has 28 heavy (non-hydrogen) atoms. The number of nitro benzene ring substituents is 1. The van der Waals surface area contributed by atoms with E-state index in [1.165, 1.54) is 6.07 Å². The van der Waals surface area contributed by atoms with Crippen molar-refractivity contribution < 1.29 is 9.72 Å². The number of hydrogen-bond donors (Lipinski definition) is 1. The number of carbonyl (C=O) groups is 1. The molecule has 2 aliphatic rings. The molecule has 0 bridgehead atoms. The minimum Gasteiger partial charge on any atom is -0.365 e. The Bertz CT molecular complexity index is 754. The van der Waals surface area contributed by atoms with Gasteiger partial charge in [0.25, 0.3) is 11.6 Å². The van der Waals surface area contributed by atoms with Gasteiger partial charge < -0.3 is 15.5 Å². The van der Waals surface area contributed by atoms with Crippen LogP contribution in [0, 0.1) is 27.4 Å². The van der Waals surface area contributed by atoms with Crippen LogP contribution in [0.4, 0.5) is 11.4 Å². The lowest BCUT2D eigenvalue weighted by molar-refractivity contribution is -0.384. The van der Waals surface area contributed by atoms with Crippen LogP contribution in [-0.2, 0) is 0 Å². The van der Waals surface area contributed by atoms with Crippen LogP contribution in [-0.4, -0.2) is 48.0 Å². The van der Waals surface area contributed by atoms with Crippen LogP contribution in [0.15, 0.2) is 18.2 Å². The maximum Gasteiger partial charge on any atom is 0.293 e. The van der Waals surface area contributed by atoms with Crippen LogP contribution in [0.3, 0.4) is 0 Å². The van der Waals surface area contributed by atoms with Gasteiger partial charge in [0.15, 0.2) is 0 Å². The van der Waals surface area contributed by atoms with E-state index in [-0.39, 0.29) is 28.0 Å². The van der Waals surface area contributed by atoms with Crippen LogP contribution < -0.4 is 10.6 Å². The standard InChI is InChI=1S/C21H32N4O3/c1-14-9-15(2)12-24(11-14)17-6-5-16(10-18(17)25(27)28)20(26)23-8-7-19(22)21(3,4)13-23/h5-6,10,14-15,19H,7-9,11-13,22H2,1-4H3. The first kappa shape index (κ1) is 20.6. The smallest absolute Gasteiger partial charge is 0.293 e. The Balaban J connectivity index is 1.87. The van der Waals surface area contributed by atoms with Crippen molar-refractivity contribution in [2.24, 2.45) is 23.0 Å². The highest BCUT2D eigenvalue weighted by Gasteiger charge is 2.36. The third-order valence-electron chi connectivity index (χ3n) is 6.23. The number of piperidine rings is 2. The van der Waals surface area contributed by atoms with Crippen LogP contribution in [0.1, 0.15) is 50.9 Å². The van der Waals surface area contributed by atoms with Crippen molar-refractivity contribution in [3.63, 3.8) is 0 Å². The summed E-state index contributed by atoms with van der Waals surface area (Å²) in [7, 11) is 0. The van der Waals surface area contributed by atoms with Crippen molar-refractivity contribution in [2.45, 2.75) is 46.6 Å². The van der Waals surface area contributed by atoms with Crippen LogP contribution >= 0.6 is 0 Å². The molecule has 0 aromatic heterocycles. The molecule has 0 spiro atoms. The third kappa shape index (κ3) is 4.14. The Morgan fingerprint density at radius 1 is 1.25 bits per heavy atom. The number of anilines is 1. The van der Waals surface area contributed by atoms with E-state index in [4.69, 9.17) is 5.73 Å². The Morgan fingerprint density at radius 3 is 2.46 bits per heavy atom. The monoisotopic (exact) mass is 388 g/mol. The van der Waals surface area contributed by atoms with Crippen molar-refractivity contribution in [3.05, 3.63) is 33.9 Å². The van der Waals surface area contributed by atoms with E-state index in [9.17, 15) is 14.9 Å². The van der Waals surface area contributed by atoms with E-state index in [1.807, 2.05) is 0 Å². The van der Waals surface area contributed by atoms with E-state index >= 15 is 0 Å². The second kappa shape index (κ2) is 7.70. The molecule has 1 amide bonds. The fourth-order valence-corrected chi connectivity index (χ4v) is 4.66. The van der Waals surface area contributed by atoms with Gasteiger partial charge in [-0.15, -0.1) is 0 Å². The molecule has 1 aromatic carbocycles. The Labute approximate surface area is 167 Å². The van der Waals surface area contributed by atoms with Gasteiger partial charge >= 0.3 is 0 Å². The predicted octanol–water partition coefficient (Wildman–Crippen LogP) is 3.28. The van der Waals surface area contributed by atoms with E-state index in [1.54, 1.807) is 17.0 Å². The molecule has 3 atom stereocenters. The highest BCUT2D eigenvalue weighted by molar-refractivity contribution is 5.96. The molecule has 2 saturated heterocycles. The first-order chi connectivity index (χ1) is 13.1. The minimum absolute atomic E-state index is 0.0140. The quantitative estimate of drug-likeness (QED) is 0.634. The Hall–Kier alpha value is -2.15. The first-order valence-corrected chi connectivity index (χ1v) is 10.2. The highest BCUT2D eigenvalue weighted by Crippen LogP contribution is 2.35. The van der Waals surface area contributed by atoms with Crippen molar-refractivity contribution >= 4 is 17.3 Å². The molecule has 0 aliphatic carbocycles. The van der Waals surface area contributed by atoms with Gasteiger partial charge in [0, 0.05) is 43.9 Å². The van der Waals surface area contributed by atoms with Gasteiger partial charge in [0.2, 0.25) is 0 Å². The molecule has 7 heteroatoms. The van der Waals surface area contributed by atoms with Gasteiger partial charge in [0.1, 0.15) is 5.69 Å². The summed E-state index contributed by atoms with van der Waals surface area (Å²) in [6.07, 6.45) is 1.87. The van der Waals surface area contributed by atoms with Crippen molar-refractivity contribution in [3.8, 4) is 0 Å². The molecule has 0 radical (unpaired) electrons. The summed E-state index contributed by atoms with van der Waals surface area (Å²) < 4.78 is 0. The summed E-state index contributed by atoms with van der Waals surface area (Å²) in [5.74, 6) is 0.823. The summed E-state index contributed by atoms with van der Waals surface area (Å²) >= 11 is 0. The number of nitro groups is 1. The number of amides is 1. The average molecular weight is 389 g/mol. The lowest BCUT2D eigenvalue weighted by Gasteiger charge is -2.42. The second-order valence-corrected chi connectivity index (χ2v) is 9.42. The van der Waals surface area contributed by atoms with Crippen molar-refractivity contribution in [2.75, 3.05) is 31.1 Å². The molecule has 1 aromatic rings. The van der Waals surface area contributed by atoms with Gasteiger partial charge in [-0.05, 0) is 42.2 Å². The summed E-state index contributed by atoms with van der Waals surface area (Å²) in [4.78, 5) is 28.3. The van der Waals surface area contributed by atoms with Crippen LogP contribution in [0.5, 0.6) is 0 Å². The molecule has 2 heterocycles. The van der Waals surface area contributed by atoms with E-state index in [0.29, 0.717) is 36.2 Å². The molecule has 2 fully saturated rings. The highest BCUT2D eigenvalue weighted by atomic mass is 16.6. The van der Waals surface area contributed by atoms with E-state index < -0.39 is 0 Å². The second-order valence-electron chi connectivity index (χ2n) is 9.42. The molecule has 0 saturated carbocycles. The number of nitrogens with two attached hydrogens (primary N) is 1. The lowest BCUT2D eigenvalue weighted by atomic mass is 9.79. The number of benzene rings is 1. The Morgan fingerprint density at radius 2 is 1.89 bits per heavy atom. The summed E-state index contributed by atoms with van der Waals surface area (Å²) in [6, 6.07) is 4.98. The first-order valence-electron chi connectivity index (χ1n) is 10.2. The SMILES string of the molecule is CC1CC(C)CN(c2ccc(C(=O)N3CCC(N)C(C)(C)C3)cc2[N+](=O)[O-])C1.